The Hall–Kier alpha value is -2.24. The van der Waals surface area contributed by atoms with Crippen LogP contribution in [0.4, 0.5) is 0 Å². The average Bonchev–Trinajstić information content (AvgIpc) is 2.37. The lowest BCUT2D eigenvalue weighted by molar-refractivity contribution is -0.129. The fourth-order valence-electron chi connectivity index (χ4n) is 1.20. The van der Waals surface area contributed by atoms with Crippen molar-refractivity contribution in [3.63, 3.8) is 0 Å². The second-order valence-corrected chi connectivity index (χ2v) is 4.45. The molecule has 0 bridgehead atoms. The number of hydrogen-bond acceptors (Lipinski definition) is 4. The van der Waals surface area contributed by atoms with Crippen LogP contribution in [0.15, 0.2) is 29.6 Å². The van der Waals surface area contributed by atoms with Gasteiger partial charge in [-0.25, -0.2) is 5.43 Å². The molecule has 0 atom stereocenters. The predicted molar refractivity (Wildman–Crippen MR) is 72.4 cm³/mol. The van der Waals surface area contributed by atoms with Crippen molar-refractivity contribution in [3.8, 4) is 0 Å². The van der Waals surface area contributed by atoms with Crippen LogP contribution >= 0.6 is 0 Å². The second kappa shape index (κ2) is 7.97. The van der Waals surface area contributed by atoms with Crippen LogP contribution in [0.1, 0.15) is 25.8 Å². The zero-order valence-electron chi connectivity index (χ0n) is 11.1. The maximum Gasteiger partial charge on any atom is 0.249 e. The van der Waals surface area contributed by atoms with Gasteiger partial charge in [0.1, 0.15) is 6.42 Å². The molecule has 1 aromatic rings. The molecule has 0 saturated carbocycles. The van der Waals surface area contributed by atoms with Gasteiger partial charge in [0.15, 0.2) is 0 Å². The number of carbonyl (C=O) groups is 2. The normalized spacial score (nSPS) is 10.7. The van der Waals surface area contributed by atoms with Gasteiger partial charge in [-0.3, -0.25) is 14.6 Å². The molecule has 19 heavy (non-hydrogen) atoms. The van der Waals surface area contributed by atoms with Gasteiger partial charge < -0.3 is 5.32 Å². The van der Waals surface area contributed by atoms with Crippen molar-refractivity contribution in [1.82, 2.24) is 15.7 Å². The molecule has 1 heterocycles. The zero-order chi connectivity index (χ0) is 14.1. The lowest BCUT2D eigenvalue weighted by Gasteiger charge is -2.06. The van der Waals surface area contributed by atoms with Crippen LogP contribution < -0.4 is 10.7 Å². The summed E-state index contributed by atoms with van der Waals surface area (Å²) in [5, 5.41) is 6.40. The molecule has 0 unspecified atom stereocenters. The summed E-state index contributed by atoms with van der Waals surface area (Å²) >= 11 is 0. The SMILES string of the molecule is CC(C)CNC(=O)CC(=O)N/N=C\c1cccnc1. The van der Waals surface area contributed by atoms with Gasteiger partial charge in [0, 0.05) is 24.5 Å². The number of hydrazone groups is 1. The molecule has 0 aliphatic carbocycles. The first-order valence-corrected chi connectivity index (χ1v) is 6.06. The van der Waals surface area contributed by atoms with Crippen molar-refractivity contribution in [1.29, 1.82) is 0 Å². The third kappa shape index (κ3) is 6.92. The molecule has 2 amide bonds. The van der Waals surface area contributed by atoms with Crippen molar-refractivity contribution in [2.45, 2.75) is 20.3 Å². The minimum absolute atomic E-state index is 0.225. The highest BCUT2D eigenvalue weighted by Crippen LogP contribution is 1.90. The Kier molecular flexibility index (Phi) is 6.21. The summed E-state index contributed by atoms with van der Waals surface area (Å²) in [4.78, 5) is 26.6. The molecule has 102 valence electrons. The summed E-state index contributed by atoms with van der Waals surface area (Å²) in [6.07, 6.45) is 4.51. The van der Waals surface area contributed by atoms with Crippen LogP contribution in [0.3, 0.4) is 0 Å². The number of hydrogen-bond donors (Lipinski definition) is 2. The van der Waals surface area contributed by atoms with Gasteiger partial charge in [-0.15, -0.1) is 0 Å². The second-order valence-electron chi connectivity index (χ2n) is 4.45. The molecule has 1 aromatic heterocycles. The van der Waals surface area contributed by atoms with Gasteiger partial charge >= 0.3 is 0 Å². The summed E-state index contributed by atoms with van der Waals surface area (Å²) < 4.78 is 0. The lowest BCUT2D eigenvalue weighted by atomic mass is 10.2. The molecule has 0 spiro atoms. The first kappa shape index (κ1) is 14.8. The Morgan fingerprint density at radius 3 is 2.84 bits per heavy atom. The molecule has 6 heteroatoms. The van der Waals surface area contributed by atoms with Crippen molar-refractivity contribution < 1.29 is 9.59 Å². The highest BCUT2D eigenvalue weighted by molar-refractivity contribution is 5.97. The molecule has 0 saturated heterocycles. The van der Waals surface area contributed by atoms with Crippen LogP contribution in [-0.4, -0.2) is 29.6 Å². The molecule has 0 fully saturated rings. The van der Waals surface area contributed by atoms with Gasteiger partial charge in [0.25, 0.3) is 0 Å². The Morgan fingerprint density at radius 1 is 1.42 bits per heavy atom. The third-order valence-electron chi connectivity index (χ3n) is 2.12. The first-order chi connectivity index (χ1) is 9.08. The minimum Gasteiger partial charge on any atom is -0.355 e. The van der Waals surface area contributed by atoms with E-state index >= 15 is 0 Å². The van der Waals surface area contributed by atoms with E-state index in [9.17, 15) is 9.59 Å². The van der Waals surface area contributed by atoms with Crippen LogP contribution in [0.2, 0.25) is 0 Å². The van der Waals surface area contributed by atoms with Gasteiger partial charge in [0.05, 0.1) is 6.21 Å². The number of nitrogens with one attached hydrogen (secondary N) is 2. The van der Waals surface area contributed by atoms with E-state index in [4.69, 9.17) is 0 Å². The maximum atomic E-state index is 11.4. The summed E-state index contributed by atoms with van der Waals surface area (Å²) in [7, 11) is 0. The van der Waals surface area contributed by atoms with Crippen LogP contribution in [0.5, 0.6) is 0 Å². The van der Waals surface area contributed by atoms with Gasteiger partial charge in [0.2, 0.25) is 11.8 Å². The number of nitrogens with zero attached hydrogens (tertiary/aromatic N) is 2. The molecule has 0 aliphatic heterocycles. The molecule has 2 N–H and O–H groups in total. The molecule has 0 radical (unpaired) electrons. The van der Waals surface area contributed by atoms with Crippen molar-refractivity contribution in [2.75, 3.05) is 6.54 Å². The van der Waals surface area contributed by atoms with E-state index < -0.39 is 5.91 Å². The zero-order valence-corrected chi connectivity index (χ0v) is 11.1. The number of rotatable bonds is 6. The summed E-state index contributed by atoms with van der Waals surface area (Å²) in [5.74, 6) is -0.389. The van der Waals surface area contributed by atoms with Gasteiger partial charge in [-0.2, -0.15) is 5.10 Å². The molecule has 6 nitrogen and oxygen atoms in total. The Labute approximate surface area is 112 Å². The number of amides is 2. The molecular formula is C13H18N4O2. The van der Waals surface area contributed by atoms with E-state index in [-0.39, 0.29) is 12.3 Å². The monoisotopic (exact) mass is 262 g/mol. The Bertz CT molecular complexity index is 443. The maximum absolute atomic E-state index is 11.4. The van der Waals surface area contributed by atoms with Crippen molar-refractivity contribution >= 4 is 18.0 Å². The fourth-order valence-corrected chi connectivity index (χ4v) is 1.20. The van der Waals surface area contributed by atoms with E-state index in [1.54, 1.807) is 24.5 Å². The lowest BCUT2D eigenvalue weighted by Crippen LogP contribution is -2.32. The average molecular weight is 262 g/mol. The Balaban J connectivity index is 2.28. The number of aromatic nitrogens is 1. The summed E-state index contributed by atoms with van der Waals surface area (Å²) in [6.45, 7) is 4.53. The minimum atomic E-state index is -0.443. The quantitative estimate of drug-likeness (QED) is 0.449. The van der Waals surface area contributed by atoms with Crippen LogP contribution in [0, 0.1) is 5.92 Å². The largest absolute Gasteiger partial charge is 0.355 e. The first-order valence-electron chi connectivity index (χ1n) is 6.06. The van der Waals surface area contributed by atoms with Crippen molar-refractivity contribution in [3.05, 3.63) is 30.1 Å². The highest BCUT2D eigenvalue weighted by atomic mass is 16.2. The molecular weight excluding hydrogens is 244 g/mol. The third-order valence-corrected chi connectivity index (χ3v) is 2.12. The topological polar surface area (TPSA) is 83.5 Å². The molecule has 0 aromatic carbocycles. The van der Waals surface area contributed by atoms with Crippen LogP contribution in [-0.2, 0) is 9.59 Å². The highest BCUT2D eigenvalue weighted by Gasteiger charge is 2.08. The van der Waals surface area contributed by atoms with E-state index in [0.717, 1.165) is 5.56 Å². The molecule has 1 rings (SSSR count). The standard InChI is InChI=1S/C13H18N4O2/c1-10(2)7-15-12(18)6-13(19)17-16-9-11-4-3-5-14-8-11/h3-5,8-10H,6-7H2,1-2H3,(H,15,18)(H,17,19)/b16-9-. The fraction of sp³-hybridized carbons (Fsp3) is 0.385. The number of pyridine rings is 1. The van der Waals surface area contributed by atoms with E-state index in [2.05, 4.69) is 20.8 Å². The smallest absolute Gasteiger partial charge is 0.249 e. The van der Waals surface area contributed by atoms with Crippen molar-refractivity contribution in [2.24, 2.45) is 11.0 Å². The van der Waals surface area contributed by atoms with E-state index in [1.165, 1.54) is 6.21 Å². The summed E-state index contributed by atoms with van der Waals surface area (Å²) in [5.41, 5.74) is 3.06. The molecule has 0 aliphatic rings. The van der Waals surface area contributed by atoms with E-state index in [1.807, 2.05) is 13.8 Å². The number of carbonyl (C=O) groups excluding carboxylic acids is 2. The Morgan fingerprint density at radius 2 is 2.21 bits per heavy atom. The van der Waals surface area contributed by atoms with Gasteiger partial charge in [-0.05, 0) is 12.0 Å². The van der Waals surface area contributed by atoms with Crippen LogP contribution in [0.25, 0.3) is 0 Å². The van der Waals surface area contributed by atoms with Gasteiger partial charge in [-0.1, -0.05) is 19.9 Å². The summed E-state index contributed by atoms with van der Waals surface area (Å²) in [6, 6.07) is 3.57. The predicted octanol–water partition coefficient (Wildman–Crippen LogP) is 0.694. The van der Waals surface area contributed by atoms with E-state index in [0.29, 0.717) is 12.5 Å².